The van der Waals surface area contributed by atoms with Gasteiger partial charge in [0.15, 0.2) is 0 Å². The molecular formula is C31H52O2. The van der Waals surface area contributed by atoms with E-state index in [2.05, 4.69) is 54.5 Å². The standard InChI is InChI=1S/C31H52O2/c1-20(2)10-9-11-21(3)24-13-14-25-23-12-15-27-29(5,6)28(33-22(4)32)17-19-31(27,8)26(23)16-18-30(24,25)7/h15,20-21,23-26,28H,9-14,16-19H2,1-8H3/t21-,23-,24+,25-,26-,28+,30+,31-/m1/s1. The van der Waals surface area contributed by atoms with Gasteiger partial charge in [-0.2, -0.15) is 0 Å². The van der Waals surface area contributed by atoms with Gasteiger partial charge in [-0.25, -0.2) is 0 Å². The lowest BCUT2D eigenvalue weighted by atomic mass is 9.44. The summed E-state index contributed by atoms with van der Waals surface area (Å²) in [4.78, 5) is 11.8. The molecule has 0 aromatic rings. The Morgan fingerprint density at radius 1 is 1.00 bits per heavy atom. The normalized spacial score (nSPS) is 42.7. The third-order valence-electron chi connectivity index (χ3n) is 11.4. The molecule has 3 saturated carbocycles. The summed E-state index contributed by atoms with van der Waals surface area (Å²) in [5.41, 5.74) is 2.39. The Morgan fingerprint density at radius 3 is 2.39 bits per heavy atom. The van der Waals surface area contributed by atoms with E-state index < -0.39 is 0 Å². The highest BCUT2D eigenvalue weighted by Gasteiger charge is 2.61. The molecule has 8 atom stereocenters. The lowest BCUT2D eigenvalue weighted by molar-refractivity contribution is -0.157. The fourth-order valence-electron chi connectivity index (χ4n) is 9.81. The summed E-state index contributed by atoms with van der Waals surface area (Å²) in [7, 11) is 0. The fourth-order valence-corrected chi connectivity index (χ4v) is 9.81. The van der Waals surface area contributed by atoms with Gasteiger partial charge in [0.25, 0.3) is 0 Å². The first-order valence-corrected chi connectivity index (χ1v) is 14.3. The molecule has 0 N–H and O–H groups in total. The fraction of sp³-hybridized carbons (Fsp3) is 0.903. The van der Waals surface area contributed by atoms with Crippen molar-refractivity contribution in [1.82, 2.24) is 0 Å². The summed E-state index contributed by atoms with van der Waals surface area (Å²) in [6.07, 6.45) is 16.1. The van der Waals surface area contributed by atoms with Crippen LogP contribution in [0.25, 0.3) is 0 Å². The van der Waals surface area contributed by atoms with E-state index >= 15 is 0 Å². The summed E-state index contributed by atoms with van der Waals surface area (Å²) in [5, 5.41) is 0. The summed E-state index contributed by atoms with van der Waals surface area (Å²) < 4.78 is 5.83. The van der Waals surface area contributed by atoms with Crippen LogP contribution in [-0.2, 0) is 9.53 Å². The maximum absolute atomic E-state index is 11.8. The number of ether oxygens (including phenoxy) is 1. The number of hydrogen-bond acceptors (Lipinski definition) is 2. The van der Waals surface area contributed by atoms with E-state index in [1.165, 1.54) is 57.8 Å². The van der Waals surface area contributed by atoms with Gasteiger partial charge < -0.3 is 4.74 Å². The molecule has 4 rings (SSSR count). The number of carbonyl (C=O) groups excluding carboxylic acids is 1. The zero-order valence-corrected chi connectivity index (χ0v) is 23.0. The Balaban J connectivity index is 1.53. The lowest BCUT2D eigenvalue weighted by Gasteiger charge is -2.61. The second kappa shape index (κ2) is 9.02. The molecule has 0 radical (unpaired) electrons. The molecule has 33 heavy (non-hydrogen) atoms. The molecule has 0 saturated heterocycles. The Bertz CT molecular complexity index is 763. The van der Waals surface area contributed by atoms with Crippen molar-refractivity contribution < 1.29 is 9.53 Å². The van der Waals surface area contributed by atoms with Crippen molar-refractivity contribution in [1.29, 1.82) is 0 Å². The van der Waals surface area contributed by atoms with Gasteiger partial charge >= 0.3 is 5.97 Å². The van der Waals surface area contributed by atoms with Gasteiger partial charge in [0.2, 0.25) is 0 Å². The average molecular weight is 457 g/mol. The first-order chi connectivity index (χ1) is 15.4. The number of allylic oxidation sites excluding steroid dienone is 1. The largest absolute Gasteiger partial charge is 0.462 e. The van der Waals surface area contributed by atoms with E-state index in [4.69, 9.17) is 4.74 Å². The molecule has 188 valence electrons. The Morgan fingerprint density at radius 2 is 1.73 bits per heavy atom. The third-order valence-corrected chi connectivity index (χ3v) is 11.4. The zero-order valence-electron chi connectivity index (χ0n) is 23.0. The smallest absolute Gasteiger partial charge is 0.302 e. The molecule has 0 spiro atoms. The molecule has 0 aromatic heterocycles. The summed E-state index contributed by atoms with van der Waals surface area (Å²) in [6, 6.07) is 0. The third kappa shape index (κ3) is 4.24. The first-order valence-electron chi connectivity index (χ1n) is 14.3. The van der Waals surface area contributed by atoms with Gasteiger partial charge in [0.1, 0.15) is 6.10 Å². The van der Waals surface area contributed by atoms with Crippen LogP contribution in [0.2, 0.25) is 0 Å². The molecule has 4 aliphatic carbocycles. The highest BCUT2D eigenvalue weighted by Crippen LogP contribution is 2.69. The Labute approximate surface area is 204 Å². The Kier molecular flexibility index (Phi) is 6.91. The molecule has 0 bridgehead atoms. The lowest BCUT2D eigenvalue weighted by Crippen LogP contribution is -2.55. The van der Waals surface area contributed by atoms with E-state index in [0.717, 1.165) is 41.9 Å². The Hall–Kier alpha value is -0.790. The minimum absolute atomic E-state index is 0.0299. The molecule has 0 amide bonds. The summed E-state index contributed by atoms with van der Waals surface area (Å²) in [6.45, 7) is 18.8. The van der Waals surface area contributed by atoms with E-state index in [9.17, 15) is 4.79 Å². The summed E-state index contributed by atoms with van der Waals surface area (Å²) >= 11 is 0. The average Bonchev–Trinajstić information content (AvgIpc) is 3.07. The SMILES string of the molecule is CC(=O)O[C@H]1CC[C@@]2(C)C(=CC[C@@H]3[C@H]4CC[C@@H]([C@H](C)CCCC(C)C)[C@]4(C)CC[C@H]32)C1(C)C. The minimum atomic E-state index is -0.126. The van der Waals surface area contributed by atoms with E-state index in [-0.39, 0.29) is 22.9 Å². The second-order valence-corrected chi connectivity index (χ2v) is 14.0. The van der Waals surface area contributed by atoms with Gasteiger partial charge in [-0.3, -0.25) is 4.79 Å². The predicted molar refractivity (Wildman–Crippen MR) is 138 cm³/mol. The zero-order chi connectivity index (χ0) is 24.2. The van der Waals surface area contributed by atoms with Crippen LogP contribution in [0.15, 0.2) is 11.6 Å². The maximum Gasteiger partial charge on any atom is 0.302 e. The minimum Gasteiger partial charge on any atom is -0.462 e. The molecule has 0 unspecified atom stereocenters. The van der Waals surface area contributed by atoms with Crippen LogP contribution in [0.5, 0.6) is 0 Å². The van der Waals surface area contributed by atoms with Gasteiger partial charge in [-0.15, -0.1) is 0 Å². The number of esters is 1. The number of rotatable bonds is 6. The van der Waals surface area contributed by atoms with E-state index in [0.29, 0.717) is 5.41 Å². The van der Waals surface area contributed by atoms with Crippen molar-refractivity contribution in [3.8, 4) is 0 Å². The van der Waals surface area contributed by atoms with E-state index in [1.54, 1.807) is 12.5 Å². The van der Waals surface area contributed by atoms with Crippen molar-refractivity contribution in [3.63, 3.8) is 0 Å². The maximum atomic E-state index is 11.8. The predicted octanol–water partition coefficient (Wildman–Crippen LogP) is 8.60. The van der Waals surface area contributed by atoms with Crippen LogP contribution in [0, 0.1) is 51.8 Å². The highest BCUT2D eigenvalue weighted by molar-refractivity contribution is 5.66. The molecule has 0 aromatic carbocycles. The van der Waals surface area contributed by atoms with Gasteiger partial charge in [-0.1, -0.05) is 79.4 Å². The summed E-state index contributed by atoms with van der Waals surface area (Å²) in [5.74, 6) is 5.07. The number of hydrogen-bond donors (Lipinski definition) is 0. The van der Waals surface area contributed by atoms with Crippen molar-refractivity contribution >= 4 is 5.97 Å². The molecule has 3 fully saturated rings. The second-order valence-electron chi connectivity index (χ2n) is 14.0. The first kappa shape index (κ1) is 25.3. The number of fused-ring (bicyclic) bond motifs is 5. The molecule has 0 aliphatic heterocycles. The van der Waals surface area contributed by atoms with Crippen molar-refractivity contribution in [3.05, 3.63) is 11.6 Å². The van der Waals surface area contributed by atoms with Crippen molar-refractivity contribution in [2.24, 2.45) is 51.8 Å². The van der Waals surface area contributed by atoms with Gasteiger partial charge in [0.05, 0.1) is 0 Å². The molecular weight excluding hydrogens is 404 g/mol. The van der Waals surface area contributed by atoms with Crippen LogP contribution >= 0.6 is 0 Å². The van der Waals surface area contributed by atoms with Crippen LogP contribution in [0.1, 0.15) is 120 Å². The van der Waals surface area contributed by atoms with Gasteiger partial charge in [-0.05, 0) is 91.3 Å². The molecule has 2 nitrogen and oxygen atoms in total. The highest BCUT2D eigenvalue weighted by atomic mass is 16.5. The molecule has 4 aliphatic rings. The van der Waals surface area contributed by atoms with Crippen LogP contribution in [0.4, 0.5) is 0 Å². The molecule has 2 heteroatoms. The van der Waals surface area contributed by atoms with Gasteiger partial charge in [0, 0.05) is 12.3 Å². The van der Waals surface area contributed by atoms with E-state index in [1.807, 2.05) is 0 Å². The topological polar surface area (TPSA) is 26.3 Å². The van der Waals surface area contributed by atoms with Crippen molar-refractivity contribution in [2.45, 2.75) is 126 Å². The quantitative estimate of drug-likeness (QED) is 0.295. The van der Waals surface area contributed by atoms with Crippen molar-refractivity contribution in [2.75, 3.05) is 0 Å². The van der Waals surface area contributed by atoms with Crippen LogP contribution < -0.4 is 0 Å². The monoisotopic (exact) mass is 456 g/mol. The number of carbonyl (C=O) groups is 1. The van der Waals surface area contributed by atoms with Crippen LogP contribution in [-0.4, -0.2) is 12.1 Å². The van der Waals surface area contributed by atoms with Crippen LogP contribution in [0.3, 0.4) is 0 Å². The molecule has 0 heterocycles.